The molecule has 5 rings (SSSR count). The van der Waals surface area contributed by atoms with E-state index in [2.05, 4.69) is 10.7 Å². The molecule has 0 radical (unpaired) electrons. The number of urea groups is 1. The molecule has 4 atom stereocenters. The number of ketones is 1. The first-order valence-electron chi connectivity index (χ1n) is 11.6. The third kappa shape index (κ3) is 3.99. The Morgan fingerprint density at radius 3 is 2.53 bits per heavy atom. The lowest BCUT2D eigenvalue weighted by Gasteiger charge is -2.49. The second-order valence-electron chi connectivity index (χ2n) is 9.01. The molecule has 2 heterocycles. The van der Waals surface area contributed by atoms with Gasteiger partial charge in [0, 0.05) is 17.5 Å². The Morgan fingerprint density at radius 2 is 1.79 bits per heavy atom. The summed E-state index contributed by atoms with van der Waals surface area (Å²) in [6, 6.07) is 11.0. The van der Waals surface area contributed by atoms with Crippen LogP contribution < -0.4 is 20.2 Å². The van der Waals surface area contributed by atoms with Gasteiger partial charge in [0.1, 0.15) is 18.1 Å². The topological polar surface area (TPSA) is 83.1 Å². The van der Waals surface area contributed by atoms with Crippen molar-refractivity contribution < 1.29 is 23.5 Å². The first kappa shape index (κ1) is 22.6. The molecule has 9 heteroatoms. The van der Waals surface area contributed by atoms with E-state index in [1.165, 1.54) is 19.2 Å². The van der Waals surface area contributed by atoms with Gasteiger partial charge in [-0.2, -0.15) is 0 Å². The number of halogens is 1. The van der Waals surface area contributed by atoms with Crippen LogP contribution in [0, 0.1) is 11.7 Å². The maximum absolute atomic E-state index is 13.6. The predicted molar refractivity (Wildman–Crippen MR) is 123 cm³/mol. The molecule has 0 bridgehead atoms. The van der Waals surface area contributed by atoms with Gasteiger partial charge in [0.2, 0.25) is 0 Å². The fourth-order valence-electron chi connectivity index (χ4n) is 5.43. The molecule has 2 aromatic rings. The van der Waals surface area contributed by atoms with Gasteiger partial charge in [0.15, 0.2) is 17.3 Å². The van der Waals surface area contributed by atoms with Crippen molar-refractivity contribution in [2.24, 2.45) is 5.92 Å². The number of hydrogen-bond donors (Lipinski definition) is 2. The quantitative estimate of drug-likeness (QED) is 0.632. The second-order valence-corrected chi connectivity index (χ2v) is 9.01. The number of nitrogens with zero attached hydrogens (tertiary/aromatic N) is 2. The molecule has 4 unspecified atom stereocenters. The van der Waals surface area contributed by atoms with Crippen LogP contribution in [0.4, 0.5) is 9.18 Å². The summed E-state index contributed by atoms with van der Waals surface area (Å²) >= 11 is 0. The molecule has 34 heavy (non-hydrogen) atoms. The lowest BCUT2D eigenvalue weighted by atomic mass is 9.80. The average Bonchev–Trinajstić information content (AvgIpc) is 3.32. The number of hydrazine groups is 1. The molecule has 2 aromatic carbocycles. The number of carbonyl (C=O) groups is 2. The number of nitrogens with one attached hydrogen (secondary N) is 2. The van der Waals surface area contributed by atoms with E-state index in [0.29, 0.717) is 17.1 Å². The fourth-order valence-corrected chi connectivity index (χ4v) is 5.43. The third-order valence-corrected chi connectivity index (χ3v) is 7.15. The molecule has 180 valence electrons. The minimum atomic E-state index is -0.307. The lowest BCUT2D eigenvalue weighted by Crippen LogP contribution is -2.66. The molecule has 2 saturated heterocycles. The zero-order valence-electron chi connectivity index (χ0n) is 19.3. The molecule has 3 fully saturated rings. The summed E-state index contributed by atoms with van der Waals surface area (Å²) in [4.78, 5) is 28.5. The number of benzene rings is 2. The van der Waals surface area contributed by atoms with E-state index in [0.717, 1.165) is 31.2 Å². The van der Waals surface area contributed by atoms with Gasteiger partial charge >= 0.3 is 6.03 Å². The van der Waals surface area contributed by atoms with Crippen LogP contribution in [0.2, 0.25) is 0 Å². The Hall–Kier alpha value is -3.17. The zero-order valence-corrected chi connectivity index (χ0v) is 19.3. The Labute approximate surface area is 198 Å². The van der Waals surface area contributed by atoms with Gasteiger partial charge in [-0.15, -0.1) is 0 Å². The summed E-state index contributed by atoms with van der Waals surface area (Å²) in [6.45, 7) is -0.0123. The van der Waals surface area contributed by atoms with Crippen molar-refractivity contribution in [3.8, 4) is 11.5 Å². The smallest absolute Gasteiger partial charge is 0.336 e. The third-order valence-electron chi connectivity index (χ3n) is 7.15. The van der Waals surface area contributed by atoms with E-state index in [-0.39, 0.29) is 48.5 Å². The minimum Gasteiger partial charge on any atom is -0.493 e. The van der Waals surface area contributed by atoms with Gasteiger partial charge in [-0.05, 0) is 48.7 Å². The summed E-state index contributed by atoms with van der Waals surface area (Å²) in [6.07, 6.45) is 3.45. The molecule has 1 saturated carbocycles. The van der Waals surface area contributed by atoms with Crippen LogP contribution in [0.3, 0.4) is 0 Å². The molecular formula is C25H29FN4O4. The number of ether oxygens (including phenoxy) is 2. The molecule has 8 nitrogen and oxygen atoms in total. The highest BCUT2D eigenvalue weighted by Gasteiger charge is 2.51. The van der Waals surface area contributed by atoms with E-state index < -0.39 is 0 Å². The van der Waals surface area contributed by atoms with Crippen molar-refractivity contribution in [1.82, 2.24) is 20.7 Å². The SMILES string of the molecule is COc1ccc(C(=O)CN2C(=O)N3NC(c4ccc(F)cc4)NC3C3CCCCC32)cc1OC. The van der Waals surface area contributed by atoms with Gasteiger partial charge in [-0.25, -0.2) is 19.6 Å². The number of Topliss-reactive ketones (excluding diaryl/α,β-unsaturated/α-hetero) is 1. The van der Waals surface area contributed by atoms with Crippen LogP contribution in [0.5, 0.6) is 11.5 Å². The van der Waals surface area contributed by atoms with E-state index in [1.54, 1.807) is 47.4 Å². The van der Waals surface area contributed by atoms with Gasteiger partial charge in [-0.1, -0.05) is 25.0 Å². The number of methoxy groups -OCH3 is 2. The van der Waals surface area contributed by atoms with Crippen molar-refractivity contribution in [3.05, 3.63) is 59.4 Å². The highest BCUT2D eigenvalue weighted by Crippen LogP contribution is 2.39. The fraction of sp³-hybridized carbons (Fsp3) is 0.440. The van der Waals surface area contributed by atoms with Gasteiger partial charge in [-0.3, -0.25) is 10.1 Å². The number of amides is 2. The predicted octanol–water partition coefficient (Wildman–Crippen LogP) is 3.45. The summed E-state index contributed by atoms with van der Waals surface area (Å²) in [5.74, 6) is 0.744. The van der Waals surface area contributed by atoms with Crippen LogP contribution in [0.25, 0.3) is 0 Å². The van der Waals surface area contributed by atoms with Gasteiger partial charge in [0.05, 0.1) is 20.8 Å². The Kier molecular flexibility index (Phi) is 6.14. The first-order valence-corrected chi connectivity index (χ1v) is 11.6. The number of hydrogen-bond acceptors (Lipinski definition) is 6. The van der Waals surface area contributed by atoms with Gasteiger partial charge in [0.25, 0.3) is 0 Å². The largest absolute Gasteiger partial charge is 0.493 e. The molecule has 0 spiro atoms. The zero-order chi connectivity index (χ0) is 23.8. The highest BCUT2D eigenvalue weighted by atomic mass is 19.1. The van der Waals surface area contributed by atoms with E-state index in [4.69, 9.17) is 9.47 Å². The van der Waals surface area contributed by atoms with Crippen LogP contribution in [0.15, 0.2) is 42.5 Å². The number of carbonyl (C=O) groups excluding carboxylic acids is 2. The van der Waals surface area contributed by atoms with Crippen LogP contribution in [-0.4, -0.2) is 54.7 Å². The van der Waals surface area contributed by atoms with Crippen molar-refractivity contribution in [1.29, 1.82) is 0 Å². The normalized spacial score (nSPS) is 26.1. The number of rotatable bonds is 6. The van der Waals surface area contributed by atoms with Crippen molar-refractivity contribution in [2.45, 2.75) is 44.1 Å². The Morgan fingerprint density at radius 1 is 1.06 bits per heavy atom. The van der Waals surface area contributed by atoms with Crippen LogP contribution in [-0.2, 0) is 0 Å². The summed E-state index contributed by atoms with van der Waals surface area (Å²) in [5.41, 5.74) is 4.57. The monoisotopic (exact) mass is 468 g/mol. The highest BCUT2D eigenvalue weighted by molar-refractivity contribution is 6.00. The minimum absolute atomic E-state index is 0.0123. The molecule has 0 aromatic heterocycles. The van der Waals surface area contributed by atoms with Gasteiger partial charge < -0.3 is 14.4 Å². The Bertz CT molecular complexity index is 1080. The van der Waals surface area contributed by atoms with E-state index >= 15 is 0 Å². The lowest BCUT2D eigenvalue weighted by molar-refractivity contribution is 0.00125. The summed E-state index contributed by atoms with van der Waals surface area (Å²) in [7, 11) is 3.07. The summed E-state index contributed by atoms with van der Waals surface area (Å²) < 4.78 is 24.0. The molecular weight excluding hydrogens is 439 g/mol. The second kappa shape index (κ2) is 9.23. The maximum atomic E-state index is 13.6. The molecule has 2 amide bonds. The van der Waals surface area contributed by atoms with Crippen molar-refractivity contribution in [3.63, 3.8) is 0 Å². The van der Waals surface area contributed by atoms with Crippen molar-refractivity contribution in [2.75, 3.05) is 20.8 Å². The first-order chi connectivity index (χ1) is 16.5. The van der Waals surface area contributed by atoms with Crippen LogP contribution in [0.1, 0.15) is 47.8 Å². The molecule has 3 aliphatic rings. The number of fused-ring (bicyclic) bond motifs is 3. The van der Waals surface area contributed by atoms with E-state index in [1.807, 2.05) is 0 Å². The molecule has 2 N–H and O–H groups in total. The summed E-state index contributed by atoms with van der Waals surface area (Å²) in [5, 5.41) is 5.13. The molecule has 1 aliphatic carbocycles. The average molecular weight is 469 g/mol. The molecule has 2 aliphatic heterocycles. The Balaban J connectivity index is 1.38. The van der Waals surface area contributed by atoms with Crippen LogP contribution >= 0.6 is 0 Å². The maximum Gasteiger partial charge on any atom is 0.336 e. The standard InChI is InChI=1S/C25H29FN4O4/c1-33-21-12-9-16(13-22(21)34-2)20(31)14-29-19-6-4-3-5-18(19)24-27-23(28-30(24)25(29)32)15-7-10-17(26)11-8-15/h7-13,18-19,23-24,27-28H,3-6,14H2,1-2H3. The van der Waals surface area contributed by atoms with E-state index in [9.17, 15) is 14.0 Å². The van der Waals surface area contributed by atoms with Crippen molar-refractivity contribution >= 4 is 11.8 Å².